The van der Waals surface area contributed by atoms with E-state index in [0.29, 0.717) is 6.42 Å². The minimum Gasteiger partial charge on any atom is -0.406 e. The molecule has 0 atom stereocenters. The van der Waals surface area contributed by atoms with E-state index in [1.54, 1.807) is 0 Å². The molecule has 0 spiro atoms. The Hall–Kier alpha value is -2.50. The van der Waals surface area contributed by atoms with E-state index in [1.165, 1.54) is 18.2 Å². The number of nitrogens with one attached hydrogen (secondary N) is 1. The predicted molar refractivity (Wildman–Crippen MR) is 76.5 cm³/mol. The number of ether oxygens (including phenoxy) is 1. The molecule has 0 heterocycles. The zero-order valence-corrected chi connectivity index (χ0v) is 11.6. The molecule has 0 bridgehead atoms. The van der Waals surface area contributed by atoms with Gasteiger partial charge in [-0.3, -0.25) is 4.79 Å². The van der Waals surface area contributed by atoms with Gasteiger partial charge in [-0.05, 0) is 24.1 Å². The van der Waals surface area contributed by atoms with Crippen molar-refractivity contribution in [3.8, 4) is 5.75 Å². The lowest BCUT2D eigenvalue weighted by atomic mass is 10.1. The van der Waals surface area contributed by atoms with Crippen molar-refractivity contribution >= 4 is 11.6 Å². The van der Waals surface area contributed by atoms with Gasteiger partial charge in [0, 0.05) is 18.2 Å². The summed E-state index contributed by atoms with van der Waals surface area (Å²) in [6.45, 7) is 0. The lowest BCUT2D eigenvalue weighted by Crippen LogP contribution is -2.17. The molecule has 1 N–H and O–H groups in total. The number of halogens is 3. The molecule has 0 aromatic heterocycles. The van der Waals surface area contributed by atoms with Gasteiger partial charge in [0.1, 0.15) is 5.75 Å². The summed E-state index contributed by atoms with van der Waals surface area (Å²) in [6, 6.07) is 14.7. The molecule has 22 heavy (non-hydrogen) atoms. The van der Waals surface area contributed by atoms with Crippen LogP contribution in [-0.4, -0.2) is 12.3 Å². The molecule has 0 unspecified atom stereocenters. The minimum absolute atomic E-state index is 0.244. The standard InChI is InChI=1S/C16H14F3NO2/c17-16(18,19)22-14-8-4-7-13(11-14)20-15(21)10-9-12-5-2-1-3-6-12/h1-8,11H,9-10H2,(H,20,21). The van der Waals surface area contributed by atoms with Gasteiger partial charge in [-0.2, -0.15) is 0 Å². The number of hydrogen-bond acceptors (Lipinski definition) is 2. The third-order valence-corrected chi connectivity index (χ3v) is 2.83. The van der Waals surface area contributed by atoms with Gasteiger partial charge in [0.2, 0.25) is 5.91 Å². The SMILES string of the molecule is O=C(CCc1ccccc1)Nc1cccc(OC(F)(F)F)c1. The fourth-order valence-corrected chi connectivity index (χ4v) is 1.90. The second kappa shape index (κ2) is 6.98. The number of hydrogen-bond donors (Lipinski definition) is 1. The van der Waals surface area contributed by atoms with Gasteiger partial charge in [-0.25, -0.2) is 0 Å². The number of anilines is 1. The highest BCUT2D eigenvalue weighted by Gasteiger charge is 2.31. The Bertz CT molecular complexity index is 627. The highest BCUT2D eigenvalue weighted by molar-refractivity contribution is 5.91. The van der Waals surface area contributed by atoms with Crippen LogP contribution in [0.15, 0.2) is 54.6 Å². The van der Waals surface area contributed by atoms with Crippen molar-refractivity contribution in [3.05, 3.63) is 60.2 Å². The van der Waals surface area contributed by atoms with Crippen LogP contribution in [0.2, 0.25) is 0 Å². The Kier molecular flexibility index (Phi) is 5.04. The van der Waals surface area contributed by atoms with Gasteiger partial charge in [-0.15, -0.1) is 13.2 Å². The molecule has 0 saturated carbocycles. The van der Waals surface area contributed by atoms with Crippen molar-refractivity contribution < 1.29 is 22.7 Å². The molecule has 0 saturated heterocycles. The molecule has 3 nitrogen and oxygen atoms in total. The van der Waals surface area contributed by atoms with Gasteiger partial charge < -0.3 is 10.1 Å². The van der Waals surface area contributed by atoms with E-state index in [4.69, 9.17) is 0 Å². The second-order valence-electron chi connectivity index (χ2n) is 4.61. The average molecular weight is 309 g/mol. The number of aryl methyl sites for hydroxylation is 1. The van der Waals surface area contributed by atoms with Crippen molar-refractivity contribution in [2.75, 3.05) is 5.32 Å². The van der Waals surface area contributed by atoms with Gasteiger partial charge >= 0.3 is 6.36 Å². The molecular weight excluding hydrogens is 295 g/mol. The van der Waals surface area contributed by atoms with E-state index in [0.717, 1.165) is 11.6 Å². The first-order valence-electron chi connectivity index (χ1n) is 6.62. The van der Waals surface area contributed by atoms with Gasteiger partial charge in [0.05, 0.1) is 0 Å². The molecule has 0 aliphatic heterocycles. The zero-order valence-electron chi connectivity index (χ0n) is 11.6. The quantitative estimate of drug-likeness (QED) is 0.901. The summed E-state index contributed by atoms with van der Waals surface area (Å²) in [7, 11) is 0. The predicted octanol–water partition coefficient (Wildman–Crippen LogP) is 4.16. The smallest absolute Gasteiger partial charge is 0.406 e. The molecule has 0 aliphatic rings. The summed E-state index contributed by atoms with van der Waals surface area (Å²) in [5, 5.41) is 2.55. The number of benzene rings is 2. The van der Waals surface area contributed by atoms with Gasteiger partial charge in [0.25, 0.3) is 0 Å². The van der Waals surface area contributed by atoms with Crippen LogP contribution in [0.4, 0.5) is 18.9 Å². The van der Waals surface area contributed by atoms with Crippen LogP contribution in [0.3, 0.4) is 0 Å². The number of alkyl halides is 3. The Morgan fingerprint density at radius 2 is 1.77 bits per heavy atom. The first-order valence-corrected chi connectivity index (χ1v) is 6.62. The highest BCUT2D eigenvalue weighted by Crippen LogP contribution is 2.25. The summed E-state index contributed by atoms with van der Waals surface area (Å²) in [6.07, 6.45) is -3.95. The van der Waals surface area contributed by atoms with Crippen LogP contribution >= 0.6 is 0 Å². The van der Waals surface area contributed by atoms with Crippen LogP contribution in [0, 0.1) is 0 Å². The van der Waals surface area contributed by atoms with E-state index >= 15 is 0 Å². The number of carbonyl (C=O) groups is 1. The summed E-state index contributed by atoms with van der Waals surface area (Å²) in [5.41, 5.74) is 1.28. The topological polar surface area (TPSA) is 38.3 Å². The van der Waals surface area contributed by atoms with E-state index in [2.05, 4.69) is 10.1 Å². The lowest BCUT2D eigenvalue weighted by molar-refractivity contribution is -0.274. The van der Waals surface area contributed by atoms with E-state index in [-0.39, 0.29) is 23.8 Å². The minimum atomic E-state index is -4.75. The van der Waals surface area contributed by atoms with Crippen LogP contribution in [0.5, 0.6) is 5.75 Å². The van der Waals surface area contributed by atoms with Crippen LogP contribution in [0.1, 0.15) is 12.0 Å². The van der Waals surface area contributed by atoms with Gasteiger partial charge in [0.15, 0.2) is 0 Å². The van der Waals surface area contributed by atoms with Crippen molar-refractivity contribution in [1.82, 2.24) is 0 Å². The Morgan fingerprint density at radius 3 is 2.45 bits per heavy atom. The lowest BCUT2D eigenvalue weighted by Gasteiger charge is -2.10. The second-order valence-corrected chi connectivity index (χ2v) is 4.61. The third-order valence-electron chi connectivity index (χ3n) is 2.83. The fourth-order valence-electron chi connectivity index (χ4n) is 1.90. The van der Waals surface area contributed by atoms with E-state index in [1.807, 2.05) is 30.3 Å². The normalized spacial score (nSPS) is 11.0. The molecule has 6 heteroatoms. The van der Waals surface area contributed by atoms with Crippen molar-refractivity contribution in [3.63, 3.8) is 0 Å². The fraction of sp³-hybridized carbons (Fsp3) is 0.188. The van der Waals surface area contributed by atoms with Crippen molar-refractivity contribution in [2.45, 2.75) is 19.2 Å². The largest absolute Gasteiger partial charge is 0.573 e. The molecule has 0 aliphatic carbocycles. The molecular formula is C16H14F3NO2. The zero-order chi connectivity index (χ0) is 16.0. The summed E-state index contributed by atoms with van der Waals surface area (Å²) in [5.74, 6) is -0.638. The molecule has 2 aromatic carbocycles. The summed E-state index contributed by atoms with van der Waals surface area (Å²) >= 11 is 0. The van der Waals surface area contributed by atoms with Crippen molar-refractivity contribution in [2.24, 2.45) is 0 Å². The first-order chi connectivity index (χ1) is 10.4. The number of rotatable bonds is 5. The average Bonchev–Trinajstić information content (AvgIpc) is 2.45. The Morgan fingerprint density at radius 1 is 1.05 bits per heavy atom. The van der Waals surface area contributed by atoms with Crippen LogP contribution < -0.4 is 10.1 Å². The maximum absolute atomic E-state index is 12.1. The Labute approximate surface area is 125 Å². The highest BCUT2D eigenvalue weighted by atomic mass is 19.4. The molecule has 1 amide bonds. The maximum Gasteiger partial charge on any atom is 0.573 e. The first kappa shape index (κ1) is 15.9. The van der Waals surface area contributed by atoms with Crippen LogP contribution in [-0.2, 0) is 11.2 Å². The molecule has 2 rings (SSSR count). The molecule has 0 radical (unpaired) electrons. The third kappa shape index (κ3) is 5.47. The number of carbonyl (C=O) groups excluding carboxylic acids is 1. The van der Waals surface area contributed by atoms with E-state index in [9.17, 15) is 18.0 Å². The van der Waals surface area contributed by atoms with E-state index < -0.39 is 6.36 Å². The molecule has 2 aromatic rings. The monoisotopic (exact) mass is 309 g/mol. The molecule has 116 valence electrons. The van der Waals surface area contributed by atoms with Gasteiger partial charge in [-0.1, -0.05) is 36.4 Å². The van der Waals surface area contributed by atoms with Crippen molar-refractivity contribution in [1.29, 1.82) is 0 Å². The maximum atomic E-state index is 12.1. The summed E-state index contributed by atoms with van der Waals surface area (Å²) in [4.78, 5) is 11.8. The summed E-state index contributed by atoms with van der Waals surface area (Å²) < 4.78 is 40.2. The Balaban J connectivity index is 1.90. The number of amides is 1. The van der Waals surface area contributed by atoms with Crippen LogP contribution in [0.25, 0.3) is 0 Å². The molecule has 0 fully saturated rings.